The Balaban J connectivity index is 2.00. The zero-order valence-corrected chi connectivity index (χ0v) is 15.1. The molecule has 25 heavy (non-hydrogen) atoms. The van der Waals surface area contributed by atoms with Crippen LogP contribution in [0, 0.1) is 0 Å². The van der Waals surface area contributed by atoms with E-state index in [0.29, 0.717) is 5.75 Å². The SMILES string of the molecule is CC(C)(CC(O)C(N)Oc1ccccc1)NS(=O)(=O)c1ccccc1. The van der Waals surface area contributed by atoms with Crippen molar-refractivity contribution in [3.63, 3.8) is 0 Å². The van der Waals surface area contributed by atoms with Crippen LogP contribution in [0.2, 0.25) is 0 Å². The van der Waals surface area contributed by atoms with Crippen molar-refractivity contribution in [1.29, 1.82) is 0 Å². The first-order valence-corrected chi connectivity index (χ1v) is 9.42. The molecule has 6 nitrogen and oxygen atoms in total. The predicted molar refractivity (Wildman–Crippen MR) is 96.5 cm³/mol. The quantitative estimate of drug-likeness (QED) is 0.621. The summed E-state index contributed by atoms with van der Waals surface area (Å²) in [6.45, 7) is 3.37. The molecule has 0 amide bonds. The maximum atomic E-state index is 12.4. The van der Waals surface area contributed by atoms with Crippen molar-refractivity contribution in [2.45, 2.75) is 43.0 Å². The number of aliphatic hydroxyl groups is 1. The summed E-state index contributed by atoms with van der Waals surface area (Å²) in [5, 5.41) is 10.3. The van der Waals surface area contributed by atoms with Crippen molar-refractivity contribution < 1.29 is 18.3 Å². The lowest BCUT2D eigenvalue weighted by Crippen LogP contribution is -2.50. The number of hydrogen-bond acceptors (Lipinski definition) is 5. The van der Waals surface area contributed by atoms with Gasteiger partial charge in [-0.15, -0.1) is 0 Å². The lowest BCUT2D eigenvalue weighted by molar-refractivity contribution is 0.0215. The van der Waals surface area contributed by atoms with Gasteiger partial charge in [0.2, 0.25) is 10.0 Å². The van der Waals surface area contributed by atoms with Gasteiger partial charge in [-0.2, -0.15) is 0 Å². The molecule has 0 aliphatic rings. The number of aliphatic hydroxyl groups excluding tert-OH is 1. The molecule has 0 saturated heterocycles. The minimum absolute atomic E-state index is 0.0903. The van der Waals surface area contributed by atoms with Crippen LogP contribution in [0.4, 0.5) is 0 Å². The third kappa shape index (κ3) is 5.82. The second-order valence-electron chi connectivity index (χ2n) is 6.47. The van der Waals surface area contributed by atoms with Crippen molar-refractivity contribution >= 4 is 10.0 Å². The van der Waals surface area contributed by atoms with Crippen LogP contribution in [0.3, 0.4) is 0 Å². The van der Waals surface area contributed by atoms with E-state index in [0.717, 1.165) is 0 Å². The van der Waals surface area contributed by atoms with Crippen LogP contribution in [0.15, 0.2) is 65.6 Å². The second-order valence-corrected chi connectivity index (χ2v) is 8.15. The number of nitrogens with one attached hydrogen (secondary N) is 1. The van der Waals surface area contributed by atoms with Gasteiger partial charge in [0, 0.05) is 5.54 Å². The first kappa shape index (κ1) is 19.4. The summed E-state index contributed by atoms with van der Waals surface area (Å²) in [4.78, 5) is 0.169. The molecular weight excluding hydrogens is 340 g/mol. The molecule has 0 heterocycles. The van der Waals surface area contributed by atoms with Gasteiger partial charge in [-0.1, -0.05) is 36.4 Å². The first-order chi connectivity index (χ1) is 11.7. The monoisotopic (exact) mass is 364 g/mol. The molecule has 2 unspecified atom stereocenters. The lowest BCUT2D eigenvalue weighted by Gasteiger charge is -2.30. The average molecular weight is 364 g/mol. The summed E-state index contributed by atoms with van der Waals surface area (Å²) >= 11 is 0. The van der Waals surface area contributed by atoms with E-state index in [2.05, 4.69) is 4.72 Å². The minimum atomic E-state index is -3.69. The number of sulfonamides is 1. The van der Waals surface area contributed by atoms with E-state index in [1.165, 1.54) is 12.1 Å². The topological polar surface area (TPSA) is 102 Å². The van der Waals surface area contributed by atoms with E-state index < -0.39 is 27.9 Å². The van der Waals surface area contributed by atoms with E-state index in [1.54, 1.807) is 56.3 Å². The molecule has 7 heteroatoms. The Hall–Kier alpha value is -1.93. The molecule has 0 aliphatic carbocycles. The van der Waals surface area contributed by atoms with Crippen molar-refractivity contribution in [2.24, 2.45) is 5.73 Å². The highest BCUT2D eigenvalue weighted by atomic mass is 32.2. The molecule has 2 aromatic rings. The number of para-hydroxylation sites is 1. The maximum Gasteiger partial charge on any atom is 0.241 e. The third-order valence-corrected chi connectivity index (χ3v) is 5.29. The summed E-state index contributed by atoms with van der Waals surface area (Å²) < 4.78 is 33.0. The molecule has 0 aliphatic heterocycles. The number of rotatable bonds is 8. The summed E-state index contributed by atoms with van der Waals surface area (Å²) in [7, 11) is -3.69. The van der Waals surface area contributed by atoms with Crippen molar-refractivity contribution in [2.75, 3.05) is 0 Å². The van der Waals surface area contributed by atoms with E-state index in [4.69, 9.17) is 10.5 Å². The Kier molecular flexibility index (Phi) is 6.18. The molecule has 0 saturated carbocycles. The molecular formula is C18H24N2O4S. The van der Waals surface area contributed by atoms with Crippen LogP contribution >= 0.6 is 0 Å². The second kappa shape index (κ2) is 7.97. The maximum absolute atomic E-state index is 12.4. The molecule has 0 spiro atoms. The standard InChI is InChI=1S/C18H24N2O4S/c1-18(2,20-25(22,23)15-11-7-4-8-12-15)13-16(21)17(19)24-14-9-5-3-6-10-14/h3-12,16-17,20-21H,13,19H2,1-2H3. The van der Waals surface area contributed by atoms with Gasteiger partial charge in [0.05, 0.1) is 4.90 Å². The Morgan fingerprint density at radius 3 is 2.16 bits per heavy atom. The highest BCUT2D eigenvalue weighted by Crippen LogP contribution is 2.19. The smallest absolute Gasteiger partial charge is 0.241 e. The zero-order chi connectivity index (χ0) is 18.5. The fourth-order valence-corrected chi connectivity index (χ4v) is 3.88. The van der Waals surface area contributed by atoms with Crippen LogP contribution < -0.4 is 15.2 Å². The average Bonchev–Trinajstić information content (AvgIpc) is 2.55. The van der Waals surface area contributed by atoms with Gasteiger partial charge in [0.25, 0.3) is 0 Å². The van der Waals surface area contributed by atoms with Crippen molar-refractivity contribution in [1.82, 2.24) is 4.72 Å². The number of nitrogens with two attached hydrogens (primary N) is 1. The molecule has 0 aromatic heterocycles. The van der Waals surface area contributed by atoms with Crippen molar-refractivity contribution in [3.8, 4) is 5.75 Å². The van der Waals surface area contributed by atoms with Gasteiger partial charge < -0.3 is 9.84 Å². The molecule has 136 valence electrons. The van der Waals surface area contributed by atoms with Crippen LogP contribution in [0.5, 0.6) is 5.75 Å². The molecule has 4 N–H and O–H groups in total. The Morgan fingerprint density at radius 2 is 1.60 bits per heavy atom. The zero-order valence-electron chi connectivity index (χ0n) is 14.3. The molecule has 0 fully saturated rings. The fraction of sp³-hybridized carbons (Fsp3) is 0.333. The van der Waals surface area contributed by atoms with Gasteiger partial charge >= 0.3 is 0 Å². The summed E-state index contributed by atoms with van der Waals surface area (Å²) in [6.07, 6.45) is -1.93. The minimum Gasteiger partial charge on any atom is -0.473 e. The third-order valence-electron chi connectivity index (χ3n) is 3.58. The van der Waals surface area contributed by atoms with E-state index in [1.807, 2.05) is 6.07 Å². The van der Waals surface area contributed by atoms with Gasteiger partial charge in [-0.25, -0.2) is 13.1 Å². The number of hydrogen-bond donors (Lipinski definition) is 3. The highest BCUT2D eigenvalue weighted by molar-refractivity contribution is 7.89. The van der Waals surface area contributed by atoms with Crippen molar-refractivity contribution in [3.05, 3.63) is 60.7 Å². The molecule has 2 aromatic carbocycles. The summed E-state index contributed by atoms with van der Waals surface area (Å²) in [5.74, 6) is 0.539. The normalized spacial score (nSPS) is 14.7. The summed E-state index contributed by atoms with van der Waals surface area (Å²) in [5.41, 5.74) is 4.97. The van der Waals surface area contributed by atoms with Crippen LogP contribution in [-0.4, -0.2) is 31.4 Å². The Labute approximate surface area is 148 Å². The Morgan fingerprint density at radius 1 is 1.08 bits per heavy atom. The molecule has 2 rings (SSSR count). The number of benzene rings is 2. The van der Waals surface area contributed by atoms with Crippen LogP contribution in [0.1, 0.15) is 20.3 Å². The Bertz CT molecular complexity index is 764. The van der Waals surface area contributed by atoms with Crippen LogP contribution in [0.25, 0.3) is 0 Å². The van der Waals surface area contributed by atoms with E-state index in [9.17, 15) is 13.5 Å². The van der Waals surface area contributed by atoms with E-state index >= 15 is 0 Å². The fourth-order valence-electron chi connectivity index (χ4n) is 2.44. The number of ether oxygens (including phenoxy) is 1. The predicted octanol–water partition coefficient (Wildman–Crippen LogP) is 1.86. The van der Waals surface area contributed by atoms with Gasteiger partial charge in [-0.05, 0) is 44.5 Å². The summed E-state index contributed by atoms with van der Waals surface area (Å²) in [6, 6.07) is 17.0. The van der Waals surface area contributed by atoms with Gasteiger partial charge in [-0.3, -0.25) is 5.73 Å². The van der Waals surface area contributed by atoms with E-state index in [-0.39, 0.29) is 11.3 Å². The molecule has 2 atom stereocenters. The molecule has 0 radical (unpaired) electrons. The highest BCUT2D eigenvalue weighted by Gasteiger charge is 2.31. The van der Waals surface area contributed by atoms with Crippen LogP contribution in [-0.2, 0) is 10.0 Å². The van der Waals surface area contributed by atoms with Gasteiger partial charge in [0.1, 0.15) is 11.9 Å². The lowest BCUT2D eigenvalue weighted by atomic mass is 9.97. The largest absolute Gasteiger partial charge is 0.473 e. The molecule has 0 bridgehead atoms. The van der Waals surface area contributed by atoms with Gasteiger partial charge in [0.15, 0.2) is 6.23 Å². The first-order valence-electron chi connectivity index (χ1n) is 7.94.